The molecule has 0 bridgehead atoms. The molecule has 25 heavy (non-hydrogen) atoms. The number of ether oxygens (including phenoxy) is 3. The molecule has 1 heterocycles. The van der Waals surface area contributed by atoms with E-state index in [1.165, 1.54) is 13.2 Å². The molecule has 1 aliphatic heterocycles. The highest BCUT2D eigenvalue weighted by Crippen LogP contribution is 2.38. The second kappa shape index (κ2) is 7.24. The molecule has 1 aromatic carbocycles. The third-order valence-corrected chi connectivity index (χ3v) is 3.95. The van der Waals surface area contributed by atoms with Gasteiger partial charge in [0.2, 0.25) is 5.91 Å². The van der Waals surface area contributed by atoms with Gasteiger partial charge in [-0.15, -0.1) is 0 Å². The molecule has 0 aromatic heterocycles. The molecule has 136 valence electrons. The molecular weight excluding hydrogens is 356 g/mol. The normalized spacial score (nSPS) is 19.0. The van der Waals surface area contributed by atoms with Gasteiger partial charge in [-0.2, -0.15) is 0 Å². The predicted molar refractivity (Wildman–Crippen MR) is 86.2 cm³/mol. The van der Waals surface area contributed by atoms with Crippen LogP contribution in [-0.2, 0) is 19.1 Å². The first-order valence-corrected chi connectivity index (χ1v) is 7.63. The van der Waals surface area contributed by atoms with Gasteiger partial charge in [-0.1, -0.05) is 11.6 Å². The molecule has 1 amide bonds. The van der Waals surface area contributed by atoms with Crippen LogP contribution >= 0.6 is 11.6 Å². The van der Waals surface area contributed by atoms with Crippen molar-refractivity contribution in [3.8, 4) is 5.75 Å². The summed E-state index contributed by atoms with van der Waals surface area (Å²) in [6.07, 6.45) is -0.915. The van der Waals surface area contributed by atoms with Crippen molar-refractivity contribution in [2.75, 3.05) is 20.3 Å². The molecule has 0 aliphatic carbocycles. The minimum Gasteiger partial charge on any atom is -0.475 e. The van der Waals surface area contributed by atoms with E-state index in [0.29, 0.717) is 0 Å². The number of carbonyl (C=O) groups is 2. The van der Waals surface area contributed by atoms with Crippen LogP contribution in [0.5, 0.6) is 5.75 Å². The van der Waals surface area contributed by atoms with Crippen LogP contribution in [0.4, 0.5) is 5.69 Å². The molecule has 1 atom stereocenters. The third kappa shape index (κ3) is 4.18. The number of nitro benzene ring substituents is 1. The quantitative estimate of drug-likeness (QED) is 0.477. The topological polar surface area (TPSA) is 117 Å². The first kappa shape index (κ1) is 18.9. The van der Waals surface area contributed by atoms with Gasteiger partial charge in [-0.05, 0) is 13.8 Å². The Morgan fingerprint density at radius 1 is 1.52 bits per heavy atom. The molecule has 9 nitrogen and oxygen atoms in total. The number of esters is 1. The number of nitro groups is 1. The van der Waals surface area contributed by atoms with Crippen molar-refractivity contribution in [2.45, 2.75) is 20.1 Å². The Kier molecular flexibility index (Phi) is 5.48. The number of carbonyl (C=O) groups excluding carboxylic acids is 2. The Hall–Kier alpha value is -2.39. The summed E-state index contributed by atoms with van der Waals surface area (Å²) < 4.78 is 15.1. The highest BCUT2D eigenvalue weighted by molar-refractivity contribution is 6.31. The summed E-state index contributed by atoms with van der Waals surface area (Å²) >= 11 is 6.16. The van der Waals surface area contributed by atoms with Gasteiger partial charge in [0.25, 0.3) is 0 Å². The standard InChI is InChI=1S/C15H17ClN2O7/c1-15(2)7-25-13(17-14(15)20)8-4-10(18(21)22)11(5-9(8)16)24-6-12(19)23-3/h4-5,13H,6-7H2,1-3H3,(H,17,20). The fourth-order valence-electron chi connectivity index (χ4n) is 2.10. The summed E-state index contributed by atoms with van der Waals surface area (Å²) in [5.41, 5.74) is -0.896. The van der Waals surface area contributed by atoms with E-state index in [1.54, 1.807) is 13.8 Å². The van der Waals surface area contributed by atoms with E-state index in [-0.39, 0.29) is 28.8 Å². The van der Waals surface area contributed by atoms with Gasteiger partial charge in [-0.3, -0.25) is 14.9 Å². The minimum atomic E-state index is -0.915. The highest BCUT2D eigenvalue weighted by Gasteiger charge is 2.37. The zero-order valence-electron chi connectivity index (χ0n) is 13.8. The van der Waals surface area contributed by atoms with Crippen LogP contribution in [0.25, 0.3) is 0 Å². The fraction of sp³-hybridized carbons (Fsp3) is 0.467. The zero-order valence-corrected chi connectivity index (χ0v) is 14.6. The van der Waals surface area contributed by atoms with Gasteiger partial charge in [-0.25, -0.2) is 4.79 Å². The number of nitrogens with zero attached hydrogens (tertiary/aromatic N) is 1. The Bertz CT molecular complexity index is 720. The molecule has 0 radical (unpaired) electrons. The molecule has 1 aliphatic rings. The average Bonchev–Trinajstić information content (AvgIpc) is 2.55. The summed E-state index contributed by atoms with van der Waals surface area (Å²) in [6, 6.07) is 2.35. The van der Waals surface area contributed by atoms with Gasteiger partial charge < -0.3 is 19.5 Å². The van der Waals surface area contributed by atoms with Crippen LogP contribution in [0.1, 0.15) is 25.6 Å². The summed E-state index contributed by atoms with van der Waals surface area (Å²) in [7, 11) is 1.17. The average molecular weight is 373 g/mol. The van der Waals surface area contributed by atoms with Crippen LogP contribution in [0.15, 0.2) is 12.1 Å². The predicted octanol–water partition coefficient (Wildman–Crippen LogP) is 1.97. The van der Waals surface area contributed by atoms with Gasteiger partial charge in [0, 0.05) is 17.7 Å². The lowest BCUT2D eigenvalue weighted by Crippen LogP contribution is -2.48. The molecule has 1 fully saturated rings. The number of amides is 1. The van der Waals surface area contributed by atoms with Crippen LogP contribution in [0.2, 0.25) is 5.02 Å². The molecule has 1 saturated heterocycles. The van der Waals surface area contributed by atoms with E-state index in [1.807, 2.05) is 0 Å². The van der Waals surface area contributed by atoms with Crippen LogP contribution in [-0.4, -0.2) is 37.1 Å². The van der Waals surface area contributed by atoms with Crippen molar-refractivity contribution < 1.29 is 28.7 Å². The Morgan fingerprint density at radius 3 is 2.76 bits per heavy atom. The first-order valence-electron chi connectivity index (χ1n) is 7.25. The SMILES string of the molecule is COC(=O)COc1cc(Cl)c(C2NC(=O)C(C)(C)CO2)cc1[N+](=O)[O-]. The number of benzene rings is 1. The van der Waals surface area contributed by atoms with Crippen molar-refractivity contribution in [3.63, 3.8) is 0 Å². The van der Waals surface area contributed by atoms with Gasteiger partial charge >= 0.3 is 11.7 Å². The largest absolute Gasteiger partial charge is 0.475 e. The molecule has 0 saturated carbocycles. The number of halogens is 1. The van der Waals surface area contributed by atoms with E-state index >= 15 is 0 Å². The maximum Gasteiger partial charge on any atom is 0.343 e. The van der Waals surface area contributed by atoms with Crippen molar-refractivity contribution in [2.24, 2.45) is 5.41 Å². The lowest BCUT2D eigenvalue weighted by molar-refractivity contribution is -0.386. The highest BCUT2D eigenvalue weighted by atomic mass is 35.5. The Balaban J connectivity index is 2.31. The van der Waals surface area contributed by atoms with Crippen LogP contribution < -0.4 is 10.1 Å². The first-order chi connectivity index (χ1) is 11.7. The van der Waals surface area contributed by atoms with Crippen LogP contribution in [0.3, 0.4) is 0 Å². The van der Waals surface area contributed by atoms with E-state index in [0.717, 1.165) is 6.07 Å². The molecular formula is C15H17ClN2O7. The van der Waals surface area contributed by atoms with E-state index < -0.39 is 34.8 Å². The van der Waals surface area contributed by atoms with Crippen LogP contribution in [0, 0.1) is 15.5 Å². The summed E-state index contributed by atoms with van der Waals surface area (Å²) in [6.45, 7) is 3.06. The number of nitrogens with one attached hydrogen (secondary N) is 1. The van der Waals surface area contributed by atoms with E-state index in [4.69, 9.17) is 21.1 Å². The number of rotatable bonds is 5. The molecule has 10 heteroatoms. The molecule has 1 aromatic rings. The number of hydrogen-bond acceptors (Lipinski definition) is 7. The summed E-state index contributed by atoms with van der Waals surface area (Å²) in [4.78, 5) is 33.8. The van der Waals surface area contributed by atoms with Crippen molar-refractivity contribution in [1.29, 1.82) is 0 Å². The van der Waals surface area contributed by atoms with Gasteiger partial charge in [0.1, 0.15) is 0 Å². The lowest BCUT2D eigenvalue weighted by Gasteiger charge is -2.34. The van der Waals surface area contributed by atoms with E-state index in [9.17, 15) is 19.7 Å². The second-order valence-electron chi connectivity index (χ2n) is 6.01. The molecule has 1 unspecified atom stereocenters. The summed E-state index contributed by atoms with van der Waals surface area (Å²) in [5.74, 6) is -1.14. The smallest absolute Gasteiger partial charge is 0.343 e. The number of hydrogen-bond donors (Lipinski definition) is 1. The number of methoxy groups -OCH3 is 1. The van der Waals surface area contributed by atoms with Gasteiger partial charge in [0.05, 0.1) is 29.1 Å². The lowest BCUT2D eigenvalue weighted by atomic mass is 9.92. The van der Waals surface area contributed by atoms with Crippen molar-refractivity contribution >= 4 is 29.2 Å². The Morgan fingerprint density at radius 2 is 2.20 bits per heavy atom. The van der Waals surface area contributed by atoms with E-state index in [2.05, 4.69) is 10.1 Å². The zero-order chi connectivity index (χ0) is 18.8. The third-order valence-electron chi connectivity index (χ3n) is 3.62. The monoisotopic (exact) mass is 372 g/mol. The molecule has 0 spiro atoms. The Labute approximate surface area is 148 Å². The maximum absolute atomic E-state index is 12.1. The molecule has 1 N–H and O–H groups in total. The minimum absolute atomic E-state index is 0.0930. The van der Waals surface area contributed by atoms with Crippen molar-refractivity contribution in [3.05, 3.63) is 32.8 Å². The van der Waals surface area contributed by atoms with Gasteiger partial charge in [0.15, 0.2) is 18.6 Å². The van der Waals surface area contributed by atoms with Crippen molar-refractivity contribution in [1.82, 2.24) is 5.32 Å². The fourth-order valence-corrected chi connectivity index (χ4v) is 2.35. The summed E-state index contributed by atoms with van der Waals surface area (Å²) in [5, 5.41) is 14.0. The second-order valence-corrected chi connectivity index (χ2v) is 6.42. The maximum atomic E-state index is 12.1. The molecule has 2 rings (SSSR count).